The highest BCUT2D eigenvalue weighted by atomic mass is 19.4. The zero-order valence-corrected chi connectivity index (χ0v) is 8.73. The van der Waals surface area contributed by atoms with Crippen molar-refractivity contribution in [2.24, 2.45) is 5.92 Å². The van der Waals surface area contributed by atoms with Crippen molar-refractivity contribution in [3.63, 3.8) is 0 Å². The van der Waals surface area contributed by atoms with Gasteiger partial charge < -0.3 is 5.32 Å². The molecule has 1 N–H and O–H groups in total. The van der Waals surface area contributed by atoms with Crippen molar-refractivity contribution in [1.82, 2.24) is 5.32 Å². The van der Waals surface area contributed by atoms with Crippen LogP contribution in [0.2, 0.25) is 0 Å². The molecule has 2 atom stereocenters. The Morgan fingerprint density at radius 3 is 2.47 bits per heavy atom. The van der Waals surface area contributed by atoms with Gasteiger partial charge in [-0.25, -0.2) is 0 Å². The van der Waals surface area contributed by atoms with Crippen LogP contribution in [-0.4, -0.2) is 18.1 Å². The molecule has 0 aromatic rings. The van der Waals surface area contributed by atoms with Gasteiger partial charge in [0.2, 0.25) is 0 Å². The average molecular weight is 223 g/mol. The van der Waals surface area contributed by atoms with Crippen LogP contribution in [0.1, 0.15) is 39.0 Å². The molecule has 0 bridgehead atoms. The molecule has 1 aliphatic rings. The first-order valence-electron chi connectivity index (χ1n) is 5.27. The molecule has 15 heavy (non-hydrogen) atoms. The van der Waals surface area contributed by atoms with E-state index in [-0.39, 0.29) is 6.04 Å². The Morgan fingerprint density at radius 2 is 1.87 bits per heavy atom. The second-order valence-corrected chi connectivity index (χ2v) is 4.28. The number of nitrogens with one attached hydrogen (secondary N) is 1. The summed E-state index contributed by atoms with van der Waals surface area (Å²) in [5.41, 5.74) is 0. The SMILES string of the molecule is CC1CCCC(NC(=O)C(F)(F)F)CC1. The fourth-order valence-electron chi connectivity index (χ4n) is 1.90. The van der Waals surface area contributed by atoms with E-state index in [2.05, 4.69) is 12.2 Å². The topological polar surface area (TPSA) is 29.1 Å². The Kier molecular flexibility index (Phi) is 3.99. The highest BCUT2D eigenvalue weighted by Crippen LogP contribution is 2.23. The molecule has 1 rings (SSSR count). The van der Waals surface area contributed by atoms with Gasteiger partial charge in [0.1, 0.15) is 0 Å². The van der Waals surface area contributed by atoms with Crippen molar-refractivity contribution in [2.75, 3.05) is 0 Å². The summed E-state index contributed by atoms with van der Waals surface area (Å²) in [6, 6.07) is -0.302. The number of alkyl halides is 3. The Morgan fingerprint density at radius 1 is 1.20 bits per heavy atom. The number of carbonyl (C=O) groups is 1. The number of hydrogen-bond donors (Lipinski definition) is 1. The summed E-state index contributed by atoms with van der Waals surface area (Å²) in [5.74, 6) is -1.25. The van der Waals surface area contributed by atoms with Gasteiger partial charge in [0.15, 0.2) is 0 Å². The quantitative estimate of drug-likeness (QED) is 0.680. The molecule has 2 nitrogen and oxygen atoms in total. The smallest absolute Gasteiger partial charge is 0.346 e. The lowest BCUT2D eigenvalue weighted by Crippen LogP contribution is -2.42. The van der Waals surface area contributed by atoms with Crippen LogP contribution in [-0.2, 0) is 4.79 Å². The van der Waals surface area contributed by atoms with Crippen LogP contribution in [0.5, 0.6) is 0 Å². The number of hydrogen-bond acceptors (Lipinski definition) is 1. The van der Waals surface area contributed by atoms with E-state index >= 15 is 0 Å². The molecule has 2 unspecified atom stereocenters. The molecule has 1 saturated carbocycles. The number of carbonyl (C=O) groups excluding carboxylic acids is 1. The fourth-order valence-corrected chi connectivity index (χ4v) is 1.90. The van der Waals surface area contributed by atoms with Gasteiger partial charge in [-0.3, -0.25) is 4.79 Å². The average Bonchev–Trinajstić information content (AvgIpc) is 2.29. The lowest BCUT2D eigenvalue weighted by Gasteiger charge is -2.17. The van der Waals surface area contributed by atoms with Gasteiger partial charge in [0.25, 0.3) is 0 Å². The maximum atomic E-state index is 12.0. The van der Waals surface area contributed by atoms with Crippen molar-refractivity contribution < 1.29 is 18.0 Å². The van der Waals surface area contributed by atoms with Gasteiger partial charge in [0, 0.05) is 6.04 Å². The summed E-state index contributed by atoms with van der Waals surface area (Å²) in [6.45, 7) is 2.09. The molecule has 1 aliphatic carbocycles. The van der Waals surface area contributed by atoms with E-state index in [0.717, 1.165) is 19.3 Å². The van der Waals surface area contributed by atoms with Crippen molar-refractivity contribution in [3.05, 3.63) is 0 Å². The van der Waals surface area contributed by atoms with Crippen LogP contribution in [0.25, 0.3) is 0 Å². The molecule has 0 saturated heterocycles. The summed E-state index contributed by atoms with van der Waals surface area (Å²) in [4.78, 5) is 10.7. The third kappa shape index (κ3) is 4.10. The molecule has 0 aliphatic heterocycles. The minimum Gasteiger partial charge on any atom is -0.346 e. The summed E-state index contributed by atoms with van der Waals surface area (Å²) in [5, 5.41) is 2.06. The first kappa shape index (κ1) is 12.3. The highest BCUT2D eigenvalue weighted by molar-refractivity contribution is 5.81. The van der Waals surface area contributed by atoms with E-state index in [1.807, 2.05) is 0 Å². The van der Waals surface area contributed by atoms with Crippen LogP contribution in [0.3, 0.4) is 0 Å². The fraction of sp³-hybridized carbons (Fsp3) is 0.900. The molecule has 0 heterocycles. The van der Waals surface area contributed by atoms with Crippen LogP contribution >= 0.6 is 0 Å². The minimum absolute atomic E-state index is 0.302. The molecule has 1 fully saturated rings. The van der Waals surface area contributed by atoms with Crippen molar-refractivity contribution >= 4 is 5.91 Å². The predicted molar refractivity (Wildman–Crippen MR) is 50.2 cm³/mol. The minimum atomic E-state index is -4.75. The molecule has 88 valence electrons. The Labute approximate surface area is 87.2 Å². The van der Waals surface area contributed by atoms with Crippen LogP contribution < -0.4 is 5.32 Å². The van der Waals surface area contributed by atoms with E-state index in [9.17, 15) is 18.0 Å². The maximum Gasteiger partial charge on any atom is 0.471 e. The standard InChI is InChI=1S/C10H16F3NO/c1-7-3-2-4-8(6-5-7)14-9(15)10(11,12)13/h7-8H,2-6H2,1H3,(H,14,15). The molecule has 0 aromatic heterocycles. The van der Waals surface area contributed by atoms with Gasteiger partial charge in [-0.1, -0.05) is 19.8 Å². The second kappa shape index (κ2) is 4.86. The number of halogens is 3. The third-order valence-electron chi connectivity index (χ3n) is 2.85. The van der Waals surface area contributed by atoms with E-state index < -0.39 is 12.1 Å². The number of amides is 1. The van der Waals surface area contributed by atoms with Crippen molar-refractivity contribution in [2.45, 2.75) is 51.2 Å². The summed E-state index contributed by atoms with van der Waals surface area (Å²) < 4.78 is 35.9. The van der Waals surface area contributed by atoms with Crippen LogP contribution in [0, 0.1) is 5.92 Å². The summed E-state index contributed by atoms with van der Waals surface area (Å²) in [7, 11) is 0. The van der Waals surface area contributed by atoms with Gasteiger partial charge in [-0.2, -0.15) is 13.2 Å². The lowest BCUT2D eigenvalue weighted by atomic mass is 10.0. The van der Waals surface area contributed by atoms with E-state index in [1.165, 1.54) is 0 Å². The first-order chi connectivity index (χ1) is 6.89. The summed E-state index contributed by atoms with van der Waals surface area (Å²) in [6.07, 6.45) is -0.613. The lowest BCUT2D eigenvalue weighted by molar-refractivity contribution is -0.174. The molecule has 0 aromatic carbocycles. The van der Waals surface area contributed by atoms with E-state index in [0.29, 0.717) is 18.8 Å². The number of rotatable bonds is 1. The Bertz CT molecular complexity index is 227. The second-order valence-electron chi connectivity index (χ2n) is 4.28. The predicted octanol–water partition coefficient (Wildman–Crippen LogP) is 2.63. The van der Waals surface area contributed by atoms with Gasteiger partial charge in [-0.05, 0) is 25.2 Å². The Balaban J connectivity index is 2.41. The van der Waals surface area contributed by atoms with Gasteiger partial charge in [0.05, 0.1) is 0 Å². The van der Waals surface area contributed by atoms with E-state index in [4.69, 9.17) is 0 Å². The summed E-state index contributed by atoms with van der Waals surface area (Å²) >= 11 is 0. The maximum absolute atomic E-state index is 12.0. The van der Waals surface area contributed by atoms with Crippen LogP contribution in [0.15, 0.2) is 0 Å². The molecular weight excluding hydrogens is 207 g/mol. The zero-order chi connectivity index (χ0) is 11.5. The van der Waals surface area contributed by atoms with Crippen LogP contribution in [0.4, 0.5) is 13.2 Å². The van der Waals surface area contributed by atoms with E-state index in [1.54, 1.807) is 0 Å². The van der Waals surface area contributed by atoms with Gasteiger partial charge in [-0.15, -0.1) is 0 Å². The highest BCUT2D eigenvalue weighted by Gasteiger charge is 2.39. The van der Waals surface area contributed by atoms with Gasteiger partial charge >= 0.3 is 12.1 Å². The molecule has 1 amide bonds. The van der Waals surface area contributed by atoms with Crippen molar-refractivity contribution in [3.8, 4) is 0 Å². The first-order valence-corrected chi connectivity index (χ1v) is 5.27. The largest absolute Gasteiger partial charge is 0.471 e. The monoisotopic (exact) mass is 223 g/mol. The molecular formula is C10H16F3NO. The van der Waals surface area contributed by atoms with Crippen molar-refractivity contribution in [1.29, 1.82) is 0 Å². The molecule has 0 radical (unpaired) electrons. The third-order valence-corrected chi connectivity index (χ3v) is 2.85. The normalized spacial score (nSPS) is 28.3. The molecule has 5 heteroatoms. The Hall–Kier alpha value is -0.740. The molecule has 0 spiro atoms. The zero-order valence-electron chi connectivity index (χ0n) is 8.73.